The minimum Gasteiger partial charge on any atom is -0.507 e. The molecule has 5 rings (SSSR count). The first-order valence-electron chi connectivity index (χ1n) is 11.8. The second-order valence-electron chi connectivity index (χ2n) is 8.44. The van der Waals surface area contributed by atoms with Crippen LogP contribution in [-0.2, 0) is 9.59 Å². The summed E-state index contributed by atoms with van der Waals surface area (Å²) >= 11 is 0. The number of phenolic OH excluding ortho intramolecular Hbond substituents is 1. The molecule has 2 heterocycles. The van der Waals surface area contributed by atoms with Crippen LogP contribution in [0, 0.1) is 0 Å². The van der Waals surface area contributed by atoms with Crippen molar-refractivity contribution in [3.63, 3.8) is 0 Å². The van der Waals surface area contributed by atoms with Crippen LogP contribution >= 0.6 is 0 Å². The minimum absolute atomic E-state index is 0.0377. The number of aliphatic hydroxyl groups is 1. The Hall–Kier alpha value is -4.86. The molecule has 2 aliphatic rings. The number of rotatable bonds is 7. The molecule has 0 aliphatic carbocycles. The molecular weight excluding hydrogens is 494 g/mol. The molecule has 10 nitrogen and oxygen atoms in total. The van der Waals surface area contributed by atoms with E-state index in [4.69, 9.17) is 23.7 Å². The molecule has 0 spiro atoms. The number of ketones is 1. The lowest BCUT2D eigenvalue weighted by atomic mass is 9.94. The predicted octanol–water partition coefficient (Wildman–Crippen LogP) is 4.16. The first kappa shape index (κ1) is 24.8. The number of carbonyl (C=O) groups is 2. The molecular formula is C28H25NO9. The van der Waals surface area contributed by atoms with E-state index in [0.29, 0.717) is 34.2 Å². The summed E-state index contributed by atoms with van der Waals surface area (Å²) in [5.74, 6) is -0.360. The summed E-state index contributed by atoms with van der Waals surface area (Å²) in [5, 5.41) is 21.7. The number of carbonyl (C=O) groups excluding carboxylic acids is 2. The SMILES string of the molecule is CCOc1cc(C2/C(=C(\O)c3ccc(OC)c(OC)c3)C(=O)C(=O)N2c2ccc3c(c2)OCO3)ccc1O. The number of anilines is 1. The monoisotopic (exact) mass is 519 g/mol. The van der Waals surface area contributed by atoms with Crippen molar-refractivity contribution in [2.45, 2.75) is 13.0 Å². The highest BCUT2D eigenvalue weighted by Crippen LogP contribution is 2.46. The standard InChI is InChI=1S/C28H25NO9/c1-4-36-21-11-15(5-8-18(21)30)25-24(26(31)16-6-9-19(34-2)22(12-16)35-3)27(32)28(33)29(25)17-7-10-20-23(13-17)38-14-37-20/h5-13,25,30-31H,4,14H2,1-3H3/b26-24+. The molecule has 2 N–H and O–H groups in total. The number of aromatic hydroxyl groups is 1. The molecule has 1 unspecified atom stereocenters. The summed E-state index contributed by atoms with van der Waals surface area (Å²) in [6.07, 6.45) is 0. The number of Topliss-reactive ketones (excluding diaryl/α,β-unsaturated/α-hetero) is 1. The van der Waals surface area contributed by atoms with E-state index in [1.54, 1.807) is 43.3 Å². The van der Waals surface area contributed by atoms with Gasteiger partial charge in [-0.1, -0.05) is 6.07 Å². The molecule has 1 fully saturated rings. The first-order chi connectivity index (χ1) is 18.4. The Bertz CT molecular complexity index is 1460. The van der Waals surface area contributed by atoms with Gasteiger partial charge >= 0.3 is 0 Å². The van der Waals surface area contributed by atoms with Crippen LogP contribution in [0.3, 0.4) is 0 Å². The molecule has 0 saturated carbocycles. The van der Waals surface area contributed by atoms with Gasteiger partial charge in [0, 0.05) is 17.3 Å². The number of fused-ring (bicyclic) bond motifs is 1. The van der Waals surface area contributed by atoms with Gasteiger partial charge in [-0.3, -0.25) is 14.5 Å². The van der Waals surface area contributed by atoms with Gasteiger partial charge in [-0.2, -0.15) is 0 Å². The molecule has 3 aromatic carbocycles. The summed E-state index contributed by atoms with van der Waals surface area (Å²) in [7, 11) is 2.93. The molecule has 0 aromatic heterocycles. The number of nitrogens with zero attached hydrogens (tertiary/aromatic N) is 1. The molecule has 3 aromatic rings. The van der Waals surface area contributed by atoms with Crippen LogP contribution in [0.4, 0.5) is 5.69 Å². The summed E-state index contributed by atoms with van der Waals surface area (Å²) in [6.45, 7) is 2.09. The van der Waals surface area contributed by atoms with Gasteiger partial charge in [0.25, 0.3) is 11.7 Å². The highest BCUT2D eigenvalue weighted by atomic mass is 16.7. The maximum atomic E-state index is 13.5. The molecule has 38 heavy (non-hydrogen) atoms. The zero-order valence-corrected chi connectivity index (χ0v) is 20.9. The number of hydrogen-bond acceptors (Lipinski definition) is 9. The number of benzene rings is 3. The largest absolute Gasteiger partial charge is 0.507 e. The maximum absolute atomic E-state index is 13.5. The quantitative estimate of drug-likeness (QED) is 0.269. The topological polar surface area (TPSA) is 124 Å². The highest BCUT2D eigenvalue weighted by Gasteiger charge is 2.47. The Balaban J connectivity index is 1.72. The van der Waals surface area contributed by atoms with Gasteiger partial charge in [0.15, 0.2) is 34.5 Å². The lowest BCUT2D eigenvalue weighted by molar-refractivity contribution is -0.132. The van der Waals surface area contributed by atoms with Crippen LogP contribution in [0.5, 0.6) is 34.5 Å². The van der Waals surface area contributed by atoms with Crippen molar-refractivity contribution >= 4 is 23.1 Å². The first-order valence-corrected chi connectivity index (χ1v) is 11.8. The van der Waals surface area contributed by atoms with Crippen LogP contribution < -0.4 is 28.6 Å². The van der Waals surface area contributed by atoms with E-state index >= 15 is 0 Å². The van der Waals surface area contributed by atoms with E-state index in [-0.39, 0.29) is 36.0 Å². The van der Waals surface area contributed by atoms with Gasteiger partial charge in [-0.25, -0.2) is 0 Å². The number of methoxy groups -OCH3 is 2. The minimum atomic E-state index is -1.05. The number of amides is 1. The fraction of sp³-hybridized carbons (Fsp3) is 0.214. The zero-order valence-electron chi connectivity index (χ0n) is 20.9. The number of hydrogen-bond donors (Lipinski definition) is 2. The van der Waals surface area contributed by atoms with Gasteiger partial charge in [0.05, 0.1) is 32.4 Å². The van der Waals surface area contributed by atoms with Crippen LogP contribution in [0.1, 0.15) is 24.1 Å². The molecule has 2 aliphatic heterocycles. The predicted molar refractivity (Wildman–Crippen MR) is 136 cm³/mol. The lowest BCUT2D eigenvalue weighted by Gasteiger charge is -2.26. The van der Waals surface area contributed by atoms with Gasteiger partial charge in [0.2, 0.25) is 6.79 Å². The molecule has 196 valence electrons. The Labute approximate surface area is 218 Å². The average Bonchev–Trinajstić information content (AvgIpc) is 3.51. The van der Waals surface area contributed by atoms with Crippen LogP contribution in [-0.4, -0.2) is 49.5 Å². The Morgan fingerprint density at radius 3 is 2.45 bits per heavy atom. The third-order valence-corrected chi connectivity index (χ3v) is 6.34. The molecule has 1 saturated heterocycles. The van der Waals surface area contributed by atoms with Crippen molar-refractivity contribution in [3.8, 4) is 34.5 Å². The average molecular weight is 520 g/mol. The highest BCUT2D eigenvalue weighted by molar-refractivity contribution is 6.51. The van der Waals surface area contributed by atoms with E-state index in [2.05, 4.69) is 0 Å². The molecule has 0 radical (unpaired) electrons. The van der Waals surface area contributed by atoms with Crippen molar-refractivity contribution in [3.05, 3.63) is 71.3 Å². The van der Waals surface area contributed by atoms with Crippen molar-refractivity contribution in [1.82, 2.24) is 0 Å². The Morgan fingerprint density at radius 2 is 1.71 bits per heavy atom. The second kappa shape index (κ2) is 9.89. The van der Waals surface area contributed by atoms with Crippen LogP contribution in [0.15, 0.2) is 60.2 Å². The van der Waals surface area contributed by atoms with E-state index < -0.39 is 23.5 Å². The number of aliphatic hydroxyl groups excluding tert-OH is 1. The summed E-state index contributed by atoms with van der Waals surface area (Å²) in [5.41, 5.74) is 0.900. The number of ether oxygens (including phenoxy) is 5. The van der Waals surface area contributed by atoms with E-state index in [0.717, 1.165) is 0 Å². The van der Waals surface area contributed by atoms with Crippen molar-refractivity contribution < 1.29 is 43.5 Å². The van der Waals surface area contributed by atoms with Crippen LogP contribution in [0.25, 0.3) is 5.76 Å². The molecule has 1 atom stereocenters. The fourth-order valence-corrected chi connectivity index (χ4v) is 4.56. The van der Waals surface area contributed by atoms with Gasteiger partial charge in [-0.05, 0) is 55.0 Å². The molecule has 1 amide bonds. The van der Waals surface area contributed by atoms with Crippen LogP contribution in [0.2, 0.25) is 0 Å². The second-order valence-corrected chi connectivity index (χ2v) is 8.44. The summed E-state index contributed by atoms with van der Waals surface area (Å²) in [4.78, 5) is 28.2. The third kappa shape index (κ3) is 4.09. The molecule has 0 bridgehead atoms. The third-order valence-electron chi connectivity index (χ3n) is 6.34. The van der Waals surface area contributed by atoms with Crippen molar-refractivity contribution in [2.24, 2.45) is 0 Å². The summed E-state index contributed by atoms with van der Waals surface area (Å²) in [6, 6.07) is 13.0. The molecule has 10 heteroatoms. The zero-order chi connectivity index (χ0) is 27.0. The fourth-order valence-electron chi connectivity index (χ4n) is 4.56. The van der Waals surface area contributed by atoms with Gasteiger partial charge < -0.3 is 33.9 Å². The number of phenols is 1. The maximum Gasteiger partial charge on any atom is 0.300 e. The lowest BCUT2D eigenvalue weighted by Crippen LogP contribution is -2.29. The normalized spacial score (nSPS) is 17.6. The van der Waals surface area contributed by atoms with Gasteiger partial charge in [0.1, 0.15) is 5.76 Å². The van der Waals surface area contributed by atoms with E-state index in [1.807, 2.05) is 0 Å². The smallest absolute Gasteiger partial charge is 0.300 e. The van der Waals surface area contributed by atoms with Gasteiger partial charge in [-0.15, -0.1) is 0 Å². The van der Waals surface area contributed by atoms with E-state index in [1.165, 1.54) is 37.3 Å². The Kier molecular flexibility index (Phi) is 6.46. The van der Waals surface area contributed by atoms with Crippen molar-refractivity contribution in [1.29, 1.82) is 0 Å². The van der Waals surface area contributed by atoms with Crippen molar-refractivity contribution in [2.75, 3.05) is 32.5 Å². The van der Waals surface area contributed by atoms with E-state index in [9.17, 15) is 19.8 Å². The summed E-state index contributed by atoms with van der Waals surface area (Å²) < 4.78 is 27.0. The Morgan fingerprint density at radius 1 is 0.947 bits per heavy atom.